The highest BCUT2D eigenvalue weighted by Crippen LogP contribution is 2.47. The number of thiophene rings is 1. The first-order valence-electron chi connectivity index (χ1n) is 9.99. The Balaban J connectivity index is 1.85. The fraction of sp³-hybridized carbons (Fsp3) is 0.160. The highest BCUT2D eigenvalue weighted by atomic mass is 127. The van der Waals surface area contributed by atoms with E-state index in [0.717, 1.165) is 40.6 Å². The topological polar surface area (TPSA) is 59.7 Å². The first-order chi connectivity index (χ1) is 15.3. The second kappa shape index (κ2) is 8.18. The smallest absolute Gasteiger partial charge is 0.344 e. The van der Waals surface area contributed by atoms with Gasteiger partial charge in [0.15, 0.2) is 6.10 Å². The number of carboxylic acid groups (broad SMARTS) is 1. The minimum absolute atomic E-state index is 0.601. The molecule has 1 atom stereocenters. The summed E-state index contributed by atoms with van der Waals surface area (Å²) in [6.45, 7) is 5.65. The monoisotopic (exact) mass is 668 g/mol. The van der Waals surface area contributed by atoms with Gasteiger partial charge in [-0.25, -0.2) is 4.79 Å². The molecule has 0 saturated carbocycles. The van der Waals surface area contributed by atoms with Crippen LogP contribution in [0, 0.1) is 21.0 Å². The van der Waals surface area contributed by atoms with Crippen molar-refractivity contribution >= 4 is 93.6 Å². The lowest BCUT2D eigenvalue weighted by atomic mass is 9.94. The van der Waals surface area contributed by atoms with Crippen LogP contribution in [0.5, 0.6) is 5.75 Å². The Bertz CT molecular complexity index is 1520. The third-order valence-corrected chi connectivity index (χ3v) is 8.45. The summed E-state index contributed by atoms with van der Waals surface area (Å²) in [5, 5.41) is 12.8. The molecule has 3 aromatic carbocycles. The van der Waals surface area contributed by atoms with Gasteiger partial charge in [-0.2, -0.15) is 0 Å². The highest BCUT2D eigenvalue weighted by Gasteiger charge is 2.23. The molecule has 4 nitrogen and oxygen atoms in total. The molecule has 0 aliphatic heterocycles. The zero-order valence-electron chi connectivity index (χ0n) is 17.5. The van der Waals surface area contributed by atoms with Gasteiger partial charge in [0.2, 0.25) is 0 Å². The predicted molar refractivity (Wildman–Crippen MR) is 147 cm³/mol. The molecule has 32 heavy (non-hydrogen) atoms. The van der Waals surface area contributed by atoms with Gasteiger partial charge in [-0.3, -0.25) is 0 Å². The normalized spacial score (nSPS) is 12.7. The molecule has 0 bridgehead atoms. The van der Waals surface area contributed by atoms with E-state index in [1.54, 1.807) is 18.3 Å². The molecular formula is C25H18I2O4S. The largest absolute Gasteiger partial charge is 0.479 e. The summed E-state index contributed by atoms with van der Waals surface area (Å²) in [7, 11) is 0. The molecule has 162 valence electrons. The molecular weight excluding hydrogens is 650 g/mol. The zero-order chi connectivity index (χ0) is 22.7. The van der Waals surface area contributed by atoms with E-state index in [2.05, 4.69) is 94.6 Å². The summed E-state index contributed by atoms with van der Waals surface area (Å²) in [5.41, 5.74) is 4.24. The molecule has 0 aliphatic rings. The zero-order valence-corrected chi connectivity index (χ0v) is 22.6. The van der Waals surface area contributed by atoms with Gasteiger partial charge < -0.3 is 14.3 Å². The van der Waals surface area contributed by atoms with Gasteiger partial charge in [0.05, 0.1) is 7.14 Å². The summed E-state index contributed by atoms with van der Waals surface area (Å²) in [5.74, 6) is 0.535. The number of aliphatic carboxylic acids is 1. The number of hydrogen-bond donors (Lipinski definition) is 1. The van der Waals surface area contributed by atoms with Gasteiger partial charge >= 0.3 is 5.97 Å². The first-order valence-corrected chi connectivity index (χ1v) is 13.0. The summed E-state index contributed by atoms with van der Waals surface area (Å²) < 4.78 is 16.1. The van der Waals surface area contributed by atoms with Crippen LogP contribution in [-0.4, -0.2) is 17.2 Å². The van der Waals surface area contributed by atoms with Crippen LogP contribution in [0.2, 0.25) is 0 Å². The van der Waals surface area contributed by atoms with Crippen LogP contribution in [0.25, 0.3) is 42.3 Å². The van der Waals surface area contributed by atoms with Crippen LogP contribution in [0.4, 0.5) is 0 Å². The second-order valence-electron chi connectivity index (χ2n) is 7.75. The molecule has 0 radical (unpaired) electrons. The van der Waals surface area contributed by atoms with E-state index >= 15 is 0 Å². The molecule has 0 aliphatic carbocycles. The Labute approximate surface area is 215 Å². The summed E-state index contributed by atoms with van der Waals surface area (Å²) >= 11 is 6.23. The van der Waals surface area contributed by atoms with Crippen LogP contribution < -0.4 is 4.74 Å². The lowest BCUT2D eigenvalue weighted by Gasteiger charge is -2.16. The van der Waals surface area contributed by atoms with E-state index < -0.39 is 12.1 Å². The van der Waals surface area contributed by atoms with Crippen molar-refractivity contribution in [3.63, 3.8) is 0 Å². The third-order valence-electron chi connectivity index (χ3n) is 5.73. The number of fused-ring (bicyclic) bond motifs is 4. The molecule has 5 aromatic rings. The molecule has 2 aromatic heterocycles. The number of ether oxygens (including phenoxy) is 1. The van der Waals surface area contributed by atoms with E-state index in [9.17, 15) is 9.90 Å². The fourth-order valence-electron chi connectivity index (χ4n) is 4.07. The van der Waals surface area contributed by atoms with Gasteiger partial charge in [0, 0.05) is 31.1 Å². The van der Waals surface area contributed by atoms with Crippen LogP contribution in [-0.2, 0) is 4.79 Å². The Kier molecular flexibility index (Phi) is 5.61. The van der Waals surface area contributed by atoms with E-state index in [1.165, 1.54) is 20.2 Å². The summed E-state index contributed by atoms with van der Waals surface area (Å²) in [4.78, 5) is 11.3. The molecule has 1 N–H and O–H groups in total. The molecule has 5 rings (SSSR count). The van der Waals surface area contributed by atoms with Gasteiger partial charge in [-0.05, 0) is 101 Å². The number of carboxylic acids is 1. The Morgan fingerprint density at radius 1 is 1.06 bits per heavy atom. The number of rotatable bonds is 4. The molecule has 0 spiro atoms. The standard InChI is InChI=1S/C25H18I2O4S/c1-11-12(2)30-18-10-20-23(15-6-4-5-7-19(15)32-20)22(21(11)18)14-8-16(26)24(17(27)9-14)31-13(3)25(28)29/h4-10,13H,1-3H3,(H,28,29)/t13-/m1/s1. The van der Waals surface area contributed by atoms with Gasteiger partial charge in [-0.1, -0.05) is 18.2 Å². The number of hydrogen-bond acceptors (Lipinski definition) is 4. The maximum atomic E-state index is 11.3. The van der Waals surface area contributed by atoms with Crippen molar-refractivity contribution in [1.82, 2.24) is 0 Å². The fourth-order valence-corrected chi connectivity index (χ4v) is 7.23. The van der Waals surface area contributed by atoms with Crippen LogP contribution in [0.3, 0.4) is 0 Å². The molecule has 2 heterocycles. The maximum Gasteiger partial charge on any atom is 0.344 e. The quantitative estimate of drug-likeness (QED) is 0.197. The van der Waals surface area contributed by atoms with Crippen LogP contribution in [0.15, 0.2) is 46.9 Å². The summed E-state index contributed by atoms with van der Waals surface area (Å²) in [6, 6.07) is 14.8. The van der Waals surface area contributed by atoms with Crippen molar-refractivity contribution < 1.29 is 19.1 Å². The van der Waals surface area contributed by atoms with Crippen molar-refractivity contribution in [3.8, 4) is 16.9 Å². The molecule has 7 heteroatoms. The van der Waals surface area contributed by atoms with Crippen molar-refractivity contribution in [2.75, 3.05) is 0 Å². The maximum absolute atomic E-state index is 11.3. The predicted octanol–water partition coefficient (Wildman–Crippen LogP) is 8.15. The number of furan rings is 1. The Hall–Kier alpha value is -1.85. The van der Waals surface area contributed by atoms with E-state index in [1.807, 2.05) is 6.92 Å². The first kappa shape index (κ1) is 22.0. The SMILES string of the molecule is Cc1oc2cc3sc4ccccc4c3c(-c3cc(I)c(O[C@H](C)C(=O)O)c(I)c3)c2c1C. The van der Waals surface area contributed by atoms with Gasteiger partial charge in [-0.15, -0.1) is 11.3 Å². The number of carbonyl (C=O) groups is 1. The van der Waals surface area contributed by atoms with E-state index in [0.29, 0.717) is 5.75 Å². The lowest BCUT2D eigenvalue weighted by Crippen LogP contribution is -2.23. The number of aryl methyl sites for hydroxylation is 2. The Morgan fingerprint density at radius 3 is 2.44 bits per heavy atom. The van der Waals surface area contributed by atoms with Gasteiger partial charge in [0.25, 0.3) is 0 Å². The highest BCUT2D eigenvalue weighted by molar-refractivity contribution is 14.1. The minimum atomic E-state index is -0.985. The molecule has 0 amide bonds. The summed E-state index contributed by atoms with van der Waals surface area (Å²) in [6.07, 6.45) is -0.919. The average molecular weight is 668 g/mol. The van der Waals surface area contributed by atoms with Crippen molar-refractivity contribution in [2.24, 2.45) is 0 Å². The third kappa shape index (κ3) is 3.49. The number of benzene rings is 3. The average Bonchev–Trinajstić information content (AvgIpc) is 3.25. The van der Waals surface area contributed by atoms with Gasteiger partial charge in [0.1, 0.15) is 17.1 Å². The van der Waals surface area contributed by atoms with E-state index in [-0.39, 0.29) is 0 Å². The van der Waals surface area contributed by atoms with Crippen molar-refractivity contribution in [1.29, 1.82) is 0 Å². The number of halogens is 2. The Morgan fingerprint density at radius 2 is 1.75 bits per heavy atom. The van der Waals surface area contributed by atoms with Crippen molar-refractivity contribution in [2.45, 2.75) is 26.9 Å². The second-order valence-corrected chi connectivity index (χ2v) is 11.2. The van der Waals surface area contributed by atoms with Crippen LogP contribution in [0.1, 0.15) is 18.2 Å². The van der Waals surface area contributed by atoms with E-state index in [4.69, 9.17) is 9.15 Å². The van der Waals surface area contributed by atoms with Crippen LogP contribution >= 0.6 is 56.5 Å². The molecule has 0 saturated heterocycles. The minimum Gasteiger partial charge on any atom is -0.479 e. The molecule has 0 unspecified atom stereocenters. The lowest BCUT2D eigenvalue weighted by molar-refractivity contribution is -0.144. The van der Waals surface area contributed by atoms with Crippen molar-refractivity contribution in [3.05, 3.63) is 60.9 Å². The molecule has 0 fully saturated rings.